The summed E-state index contributed by atoms with van der Waals surface area (Å²) in [6.45, 7) is 3.92. The number of nitrogens with one attached hydrogen (secondary N) is 1. The maximum atomic E-state index is 12.4. The molecule has 3 rings (SSSR count). The Balaban J connectivity index is 1.85. The van der Waals surface area contributed by atoms with Crippen molar-refractivity contribution in [3.05, 3.63) is 29.8 Å². The lowest BCUT2D eigenvalue weighted by molar-refractivity contribution is -0.137. The molecule has 5 nitrogen and oxygen atoms in total. The number of ether oxygens (including phenoxy) is 1. The van der Waals surface area contributed by atoms with Crippen molar-refractivity contribution in [3.63, 3.8) is 0 Å². The van der Waals surface area contributed by atoms with E-state index in [9.17, 15) is 9.90 Å². The minimum atomic E-state index is -0.598. The number of fused-ring (bicyclic) bond motifs is 1. The summed E-state index contributed by atoms with van der Waals surface area (Å²) in [5.41, 5.74) is 0.568. The SMILES string of the molecule is CCCNC(=O)CN1CC[C@]2(O)CCCC[C@@H]2[C@@H]1c1ccc(OC)cc1. The summed E-state index contributed by atoms with van der Waals surface area (Å²) in [4.78, 5) is 14.6. The molecule has 2 fully saturated rings. The number of benzene rings is 1. The molecule has 1 aromatic rings. The van der Waals surface area contributed by atoms with E-state index in [0.717, 1.165) is 50.8 Å². The van der Waals surface area contributed by atoms with Crippen LogP contribution in [0.25, 0.3) is 0 Å². The largest absolute Gasteiger partial charge is 0.497 e. The molecule has 2 aliphatic rings. The van der Waals surface area contributed by atoms with Crippen molar-refractivity contribution in [2.45, 2.75) is 57.1 Å². The third kappa shape index (κ3) is 4.04. The van der Waals surface area contributed by atoms with Gasteiger partial charge < -0.3 is 15.2 Å². The van der Waals surface area contributed by atoms with Gasteiger partial charge in [-0.1, -0.05) is 31.9 Å². The highest BCUT2D eigenvalue weighted by molar-refractivity contribution is 5.78. The number of carbonyl (C=O) groups excluding carboxylic acids is 1. The molecule has 0 unspecified atom stereocenters. The van der Waals surface area contributed by atoms with Gasteiger partial charge in [0, 0.05) is 25.0 Å². The van der Waals surface area contributed by atoms with E-state index < -0.39 is 5.60 Å². The number of hydrogen-bond donors (Lipinski definition) is 2. The van der Waals surface area contributed by atoms with Crippen LogP contribution in [0.4, 0.5) is 0 Å². The fraction of sp³-hybridized carbons (Fsp3) is 0.667. The molecule has 26 heavy (non-hydrogen) atoms. The molecule has 5 heteroatoms. The van der Waals surface area contributed by atoms with Gasteiger partial charge in [0.2, 0.25) is 5.91 Å². The zero-order valence-corrected chi connectivity index (χ0v) is 16.0. The Bertz CT molecular complexity index is 604. The highest BCUT2D eigenvalue weighted by atomic mass is 16.5. The predicted octanol–water partition coefficient (Wildman–Crippen LogP) is 2.89. The molecule has 1 saturated carbocycles. The molecule has 1 aromatic carbocycles. The average Bonchev–Trinajstić information content (AvgIpc) is 2.66. The van der Waals surface area contributed by atoms with Crippen molar-refractivity contribution in [2.24, 2.45) is 5.92 Å². The van der Waals surface area contributed by atoms with Gasteiger partial charge in [-0.05, 0) is 43.4 Å². The summed E-state index contributed by atoms with van der Waals surface area (Å²) in [6, 6.07) is 8.19. The minimum absolute atomic E-state index is 0.0756. The van der Waals surface area contributed by atoms with Crippen LogP contribution in [0.2, 0.25) is 0 Å². The Morgan fingerprint density at radius 1 is 1.31 bits per heavy atom. The van der Waals surface area contributed by atoms with E-state index in [0.29, 0.717) is 13.1 Å². The van der Waals surface area contributed by atoms with E-state index >= 15 is 0 Å². The van der Waals surface area contributed by atoms with Crippen LogP contribution in [0.5, 0.6) is 5.75 Å². The van der Waals surface area contributed by atoms with E-state index in [1.165, 1.54) is 5.56 Å². The van der Waals surface area contributed by atoms with Crippen LogP contribution < -0.4 is 10.1 Å². The zero-order chi connectivity index (χ0) is 18.6. The molecule has 2 N–H and O–H groups in total. The number of piperidine rings is 1. The van der Waals surface area contributed by atoms with Crippen molar-refractivity contribution in [2.75, 3.05) is 26.7 Å². The number of aliphatic hydroxyl groups is 1. The third-order valence-corrected chi connectivity index (χ3v) is 6.05. The van der Waals surface area contributed by atoms with Crippen LogP contribution in [0, 0.1) is 5.92 Å². The lowest BCUT2D eigenvalue weighted by Gasteiger charge is -2.52. The van der Waals surface area contributed by atoms with E-state index in [1.54, 1.807) is 7.11 Å². The van der Waals surface area contributed by atoms with Crippen LogP contribution in [-0.4, -0.2) is 48.3 Å². The summed E-state index contributed by atoms with van der Waals surface area (Å²) in [6.07, 6.45) is 5.83. The molecule has 1 saturated heterocycles. The molecule has 0 bridgehead atoms. The Labute approximate surface area is 156 Å². The van der Waals surface area contributed by atoms with Crippen molar-refractivity contribution in [1.82, 2.24) is 10.2 Å². The summed E-state index contributed by atoms with van der Waals surface area (Å²) in [7, 11) is 1.67. The van der Waals surface area contributed by atoms with Crippen molar-refractivity contribution >= 4 is 5.91 Å². The number of amides is 1. The molecule has 1 heterocycles. The molecule has 0 aromatic heterocycles. The third-order valence-electron chi connectivity index (χ3n) is 6.05. The molecule has 1 aliphatic carbocycles. The molecule has 144 valence electrons. The van der Waals surface area contributed by atoms with Gasteiger partial charge in [-0.15, -0.1) is 0 Å². The summed E-state index contributed by atoms with van der Waals surface area (Å²) >= 11 is 0. The first-order valence-electron chi connectivity index (χ1n) is 9.94. The summed E-state index contributed by atoms with van der Waals surface area (Å²) in [5, 5.41) is 14.3. The molecule has 3 atom stereocenters. The van der Waals surface area contributed by atoms with Crippen molar-refractivity contribution in [1.29, 1.82) is 0 Å². The fourth-order valence-corrected chi connectivity index (χ4v) is 4.67. The second-order valence-electron chi connectivity index (χ2n) is 7.74. The standard InChI is InChI=1S/C21H32N2O3/c1-3-13-22-19(24)15-23-14-12-21(25)11-5-4-6-18(21)20(23)16-7-9-17(26-2)10-8-16/h7-10,18,20,25H,3-6,11-15H2,1-2H3,(H,22,24)/t18-,20+,21-/m1/s1. The predicted molar refractivity (Wildman–Crippen MR) is 102 cm³/mol. The highest BCUT2D eigenvalue weighted by Gasteiger charge is 2.49. The van der Waals surface area contributed by atoms with E-state index in [2.05, 4.69) is 29.3 Å². The summed E-state index contributed by atoms with van der Waals surface area (Å²) in [5.74, 6) is 1.08. The van der Waals surface area contributed by atoms with Crippen LogP contribution in [0.3, 0.4) is 0 Å². The number of hydrogen-bond acceptors (Lipinski definition) is 4. The van der Waals surface area contributed by atoms with Gasteiger partial charge in [-0.2, -0.15) is 0 Å². The van der Waals surface area contributed by atoms with E-state index in [4.69, 9.17) is 4.74 Å². The van der Waals surface area contributed by atoms with Gasteiger partial charge >= 0.3 is 0 Å². The van der Waals surface area contributed by atoms with E-state index in [1.807, 2.05) is 12.1 Å². The molecule has 1 aliphatic heterocycles. The highest BCUT2D eigenvalue weighted by Crippen LogP contribution is 2.49. The maximum Gasteiger partial charge on any atom is 0.234 e. The van der Waals surface area contributed by atoms with Crippen molar-refractivity contribution < 1.29 is 14.6 Å². The zero-order valence-electron chi connectivity index (χ0n) is 16.0. The van der Waals surface area contributed by atoms with Gasteiger partial charge in [0.05, 0.1) is 19.3 Å². The first-order valence-corrected chi connectivity index (χ1v) is 9.94. The van der Waals surface area contributed by atoms with Gasteiger partial charge in [-0.3, -0.25) is 9.69 Å². The number of carbonyl (C=O) groups is 1. The molecular weight excluding hydrogens is 328 g/mol. The van der Waals surface area contributed by atoms with Gasteiger partial charge in [0.15, 0.2) is 0 Å². The second kappa shape index (κ2) is 8.40. The van der Waals surface area contributed by atoms with Gasteiger partial charge in [0.1, 0.15) is 5.75 Å². The van der Waals surface area contributed by atoms with Crippen LogP contribution >= 0.6 is 0 Å². The lowest BCUT2D eigenvalue weighted by atomic mass is 9.66. The first kappa shape index (κ1) is 19.2. The Morgan fingerprint density at radius 3 is 2.77 bits per heavy atom. The number of rotatable bonds is 6. The van der Waals surface area contributed by atoms with E-state index in [-0.39, 0.29) is 17.9 Å². The first-order chi connectivity index (χ1) is 12.6. The quantitative estimate of drug-likeness (QED) is 0.819. The second-order valence-corrected chi connectivity index (χ2v) is 7.74. The number of nitrogens with zero attached hydrogens (tertiary/aromatic N) is 1. The summed E-state index contributed by atoms with van der Waals surface area (Å²) < 4.78 is 5.29. The molecule has 0 spiro atoms. The number of methoxy groups -OCH3 is 1. The smallest absolute Gasteiger partial charge is 0.234 e. The average molecular weight is 360 g/mol. The van der Waals surface area contributed by atoms with Crippen molar-refractivity contribution in [3.8, 4) is 5.75 Å². The topological polar surface area (TPSA) is 61.8 Å². The monoisotopic (exact) mass is 360 g/mol. The fourth-order valence-electron chi connectivity index (χ4n) is 4.67. The Hall–Kier alpha value is -1.59. The van der Waals surface area contributed by atoms with Gasteiger partial charge in [0.25, 0.3) is 0 Å². The Morgan fingerprint density at radius 2 is 2.08 bits per heavy atom. The minimum Gasteiger partial charge on any atom is -0.497 e. The molecule has 1 amide bonds. The normalized spacial score (nSPS) is 29.0. The number of likely N-dealkylation sites (tertiary alicyclic amines) is 1. The van der Waals surface area contributed by atoms with Crippen LogP contribution in [0.1, 0.15) is 57.1 Å². The van der Waals surface area contributed by atoms with Gasteiger partial charge in [-0.25, -0.2) is 0 Å². The molecule has 0 radical (unpaired) electrons. The lowest BCUT2D eigenvalue weighted by Crippen LogP contribution is -2.56. The maximum absolute atomic E-state index is 12.4. The Kier molecular flexibility index (Phi) is 6.20. The molecular formula is C21H32N2O3. The van der Waals surface area contributed by atoms with Crippen LogP contribution in [-0.2, 0) is 4.79 Å². The van der Waals surface area contributed by atoms with Crippen LogP contribution in [0.15, 0.2) is 24.3 Å².